The molecule has 2 amide bonds. The predicted molar refractivity (Wildman–Crippen MR) is 76.7 cm³/mol. The van der Waals surface area contributed by atoms with Gasteiger partial charge < -0.3 is 21.1 Å². The molecule has 0 unspecified atom stereocenters. The number of aromatic carboxylic acids is 1. The molecule has 1 rings (SSSR count). The monoisotopic (exact) mass is 329 g/mol. The van der Waals surface area contributed by atoms with E-state index in [2.05, 4.69) is 31.9 Å². The fourth-order valence-corrected chi connectivity index (χ4v) is 1.92. The lowest BCUT2D eigenvalue weighted by Crippen LogP contribution is -2.30. The number of nitrogens with one attached hydrogen (secondary N) is 3. The number of carboxylic acids is 1. The van der Waals surface area contributed by atoms with Gasteiger partial charge in [-0.15, -0.1) is 0 Å². The lowest BCUT2D eigenvalue weighted by atomic mass is 10.2. The zero-order valence-electron chi connectivity index (χ0n) is 10.5. The highest BCUT2D eigenvalue weighted by atomic mass is 79.9. The van der Waals surface area contributed by atoms with Gasteiger partial charge >= 0.3 is 12.0 Å². The average molecular weight is 330 g/mol. The maximum Gasteiger partial charge on any atom is 0.335 e. The Morgan fingerprint density at radius 3 is 2.63 bits per heavy atom. The summed E-state index contributed by atoms with van der Waals surface area (Å²) in [5.41, 5.74) is 0.540. The second kappa shape index (κ2) is 7.75. The van der Waals surface area contributed by atoms with Crippen molar-refractivity contribution in [2.75, 3.05) is 25.5 Å². The fraction of sp³-hybridized carbons (Fsp3) is 0.333. The Bertz CT molecular complexity index is 466. The van der Waals surface area contributed by atoms with Crippen LogP contribution in [0.1, 0.15) is 16.8 Å². The summed E-state index contributed by atoms with van der Waals surface area (Å²) in [5, 5.41) is 17.2. The van der Waals surface area contributed by atoms with Crippen molar-refractivity contribution in [3.63, 3.8) is 0 Å². The van der Waals surface area contributed by atoms with Crippen molar-refractivity contribution < 1.29 is 14.7 Å². The van der Waals surface area contributed by atoms with Crippen LogP contribution in [0, 0.1) is 0 Å². The number of carboxylic acid groups (broad SMARTS) is 1. The van der Waals surface area contributed by atoms with Crippen molar-refractivity contribution in [2.45, 2.75) is 6.42 Å². The molecule has 1 aromatic rings. The highest BCUT2D eigenvalue weighted by Crippen LogP contribution is 2.19. The molecule has 0 saturated carbocycles. The Balaban J connectivity index is 2.56. The molecular formula is C12H16BrN3O3. The SMILES string of the molecule is CNCCCNC(=O)Nc1cc(Br)cc(C(=O)O)c1. The molecule has 0 aliphatic rings. The first-order chi connectivity index (χ1) is 9.02. The first kappa shape index (κ1) is 15.5. The zero-order chi connectivity index (χ0) is 14.3. The molecule has 0 aromatic heterocycles. The van der Waals surface area contributed by atoms with Gasteiger partial charge in [-0.1, -0.05) is 15.9 Å². The van der Waals surface area contributed by atoms with E-state index >= 15 is 0 Å². The smallest absolute Gasteiger partial charge is 0.335 e. The normalized spacial score (nSPS) is 10.0. The van der Waals surface area contributed by atoms with Crippen molar-refractivity contribution in [3.05, 3.63) is 28.2 Å². The fourth-order valence-electron chi connectivity index (χ4n) is 1.43. The van der Waals surface area contributed by atoms with Crippen molar-refractivity contribution in [3.8, 4) is 0 Å². The van der Waals surface area contributed by atoms with Crippen LogP contribution in [-0.2, 0) is 0 Å². The van der Waals surface area contributed by atoms with Crippen LogP contribution in [0.25, 0.3) is 0 Å². The number of hydrogen-bond acceptors (Lipinski definition) is 3. The molecule has 0 heterocycles. The van der Waals surface area contributed by atoms with E-state index < -0.39 is 5.97 Å². The number of anilines is 1. The molecule has 7 heteroatoms. The van der Waals surface area contributed by atoms with Crippen LogP contribution in [0.4, 0.5) is 10.5 Å². The van der Waals surface area contributed by atoms with E-state index in [4.69, 9.17) is 5.11 Å². The highest BCUT2D eigenvalue weighted by molar-refractivity contribution is 9.10. The number of carbonyl (C=O) groups excluding carboxylic acids is 1. The third-order valence-electron chi connectivity index (χ3n) is 2.29. The number of urea groups is 1. The molecule has 6 nitrogen and oxygen atoms in total. The van der Waals surface area contributed by atoms with E-state index in [1.807, 2.05) is 7.05 Å². The van der Waals surface area contributed by atoms with Crippen molar-refractivity contribution in [1.29, 1.82) is 0 Å². The van der Waals surface area contributed by atoms with Gasteiger partial charge in [0.2, 0.25) is 0 Å². The molecule has 0 atom stereocenters. The molecule has 0 bridgehead atoms. The van der Waals surface area contributed by atoms with Crippen molar-refractivity contribution in [2.24, 2.45) is 0 Å². The predicted octanol–water partition coefficient (Wildman–Crippen LogP) is 1.88. The van der Waals surface area contributed by atoms with E-state index in [0.717, 1.165) is 13.0 Å². The van der Waals surface area contributed by atoms with E-state index in [1.165, 1.54) is 12.1 Å². The van der Waals surface area contributed by atoms with Gasteiger partial charge in [0.25, 0.3) is 0 Å². The molecular weight excluding hydrogens is 314 g/mol. The molecule has 0 saturated heterocycles. The lowest BCUT2D eigenvalue weighted by molar-refractivity contribution is 0.0697. The quantitative estimate of drug-likeness (QED) is 0.600. The van der Waals surface area contributed by atoms with E-state index in [-0.39, 0.29) is 11.6 Å². The summed E-state index contributed by atoms with van der Waals surface area (Å²) in [6.07, 6.45) is 0.822. The summed E-state index contributed by atoms with van der Waals surface area (Å²) >= 11 is 3.20. The summed E-state index contributed by atoms with van der Waals surface area (Å²) in [6, 6.07) is 4.16. The highest BCUT2D eigenvalue weighted by Gasteiger charge is 2.08. The number of halogens is 1. The number of hydrogen-bond donors (Lipinski definition) is 4. The summed E-state index contributed by atoms with van der Waals surface area (Å²) < 4.78 is 0.595. The van der Waals surface area contributed by atoms with Crippen LogP contribution in [0.2, 0.25) is 0 Å². The molecule has 0 spiro atoms. The second-order valence-corrected chi connectivity index (χ2v) is 4.79. The molecule has 0 aliphatic heterocycles. The summed E-state index contributed by atoms with van der Waals surface area (Å²) in [5.74, 6) is -1.04. The maximum atomic E-state index is 11.6. The topological polar surface area (TPSA) is 90.5 Å². The lowest BCUT2D eigenvalue weighted by Gasteiger charge is -2.08. The van der Waals surface area contributed by atoms with Gasteiger partial charge in [-0.25, -0.2) is 9.59 Å². The van der Waals surface area contributed by atoms with Crippen LogP contribution in [0.5, 0.6) is 0 Å². The second-order valence-electron chi connectivity index (χ2n) is 3.87. The van der Waals surface area contributed by atoms with Crippen molar-refractivity contribution >= 4 is 33.6 Å². The van der Waals surface area contributed by atoms with Gasteiger partial charge in [0.15, 0.2) is 0 Å². The number of carbonyl (C=O) groups is 2. The molecule has 19 heavy (non-hydrogen) atoms. The minimum Gasteiger partial charge on any atom is -0.478 e. The van der Waals surface area contributed by atoms with Gasteiger partial charge in [0.1, 0.15) is 0 Å². The molecule has 0 aliphatic carbocycles. The largest absolute Gasteiger partial charge is 0.478 e. The first-order valence-corrected chi connectivity index (χ1v) is 6.55. The Morgan fingerprint density at radius 2 is 2.00 bits per heavy atom. The van der Waals surface area contributed by atoms with Gasteiger partial charge in [-0.05, 0) is 38.2 Å². The Hall–Kier alpha value is -1.60. The molecule has 1 aromatic carbocycles. The summed E-state index contributed by atoms with van der Waals surface area (Å²) in [4.78, 5) is 22.4. The third-order valence-corrected chi connectivity index (χ3v) is 2.75. The number of benzene rings is 1. The standard InChI is InChI=1S/C12H16BrN3O3/c1-14-3-2-4-15-12(19)16-10-6-8(11(17)18)5-9(13)7-10/h5-7,14H,2-4H2,1H3,(H,17,18)(H2,15,16,19). The number of rotatable bonds is 6. The van der Waals surface area contributed by atoms with Gasteiger partial charge in [0.05, 0.1) is 5.56 Å². The first-order valence-electron chi connectivity index (χ1n) is 5.76. The minimum absolute atomic E-state index is 0.111. The van der Waals surface area contributed by atoms with Crippen molar-refractivity contribution in [1.82, 2.24) is 10.6 Å². The molecule has 0 radical (unpaired) electrons. The number of amides is 2. The van der Waals surface area contributed by atoms with E-state index in [9.17, 15) is 9.59 Å². The van der Waals surface area contributed by atoms with Crippen LogP contribution in [0.15, 0.2) is 22.7 Å². The van der Waals surface area contributed by atoms with Crippen LogP contribution in [-0.4, -0.2) is 37.2 Å². The maximum absolute atomic E-state index is 11.6. The Morgan fingerprint density at radius 1 is 1.26 bits per heavy atom. The van der Waals surface area contributed by atoms with Crippen LogP contribution < -0.4 is 16.0 Å². The Labute approximate surface area is 119 Å². The van der Waals surface area contributed by atoms with E-state index in [0.29, 0.717) is 16.7 Å². The average Bonchev–Trinajstić information content (AvgIpc) is 2.34. The third kappa shape index (κ3) is 5.71. The Kier molecular flexibility index (Phi) is 6.31. The van der Waals surface area contributed by atoms with Gasteiger partial charge in [-0.3, -0.25) is 0 Å². The minimum atomic E-state index is -1.04. The van der Waals surface area contributed by atoms with Gasteiger partial charge in [-0.2, -0.15) is 0 Å². The van der Waals surface area contributed by atoms with Crippen LogP contribution in [0.3, 0.4) is 0 Å². The molecule has 4 N–H and O–H groups in total. The zero-order valence-corrected chi connectivity index (χ0v) is 12.1. The van der Waals surface area contributed by atoms with E-state index in [1.54, 1.807) is 6.07 Å². The summed E-state index contributed by atoms with van der Waals surface area (Å²) in [6.45, 7) is 1.37. The van der Waals surface area contributed by atoms with Gasteiger partial charge in [0, 0.05) is 16.7 Å². The molecule has 0 fully saturated rings. The summed E-state index contributed by atoms with van der Waals surface area (Å²) in [7, 11) is 1.84. The molecule has 104 valence electrons. The van der Waals surface area contributed by atoms with Crippen LogP contribution >= 0.6 is 15.9 Å².